The van der Waals surface area contributed by atoms with E-state index in [9.17, 15) is 0 Å². The van der Waals surface area contributed by atoms with Crippen LogP contribution in [0.15, 0.2) is 0 Å². The van der Waals surface area contributed by atoms with Crippen LogP contribution >= 0.6 is 11.6 Å². The highest BCUT2D eigenvalue weighted by Crippen LogP contribution is 2.26. The second-order valence-electron chi connectivity index (χ2n) is 5.13. The fraction of sp³-hybridized carbons (Fsp3) is 0.750. The first-order chi connectivity index (χ1) is 8.56. The van der Waals surface area contributed by atoms with Gasteiger partial charge in [-0.05, 0) is 30.4 Å². The molecule has 1 heterocycles. The highest BCUT2D eigenvalue weighted by molar-refractivity contribution is 6.28. The molecule has 100 valence electrons. The summed E-state index contributed by atoms with van der Waals surface area (Å²) in [5, 5.41) is 0.252. The van der Waals surface area contributed by atoms with Gasteiger partial charge in [0.15, 0.2) is 0 Å². The molecule has 0 amide bonds. The first-order valence-electron chi connectivity index (χ1n) is 6.36. The molecule has 0 radical (unpaired) electrons. The molecule has 1 saturated carbocycles. The second kappa shape index (κ2) is 5.69. The van der Waals surface area contributed by atoms with Crippen molar-refractivity contribution in [2.45, 2.75) is 25.7 Å². The maximum atomic E-state index is 5.94. The number of rotatable bonds is 4. The van der Waals surface area contributed by atoms with E-state index in [4.69, 9.17) is 11.6 Å². The van der Waals surface area contributed by atoms with Gasteiger partial charge in [-0.1, -0.05) is 12.8 Å². The van der Waals surface area contributed by atoms with Crippen molar-refractivity contribution in [2.75, 3.05) is 37.5 Å². The Kier molecular flexibility index (Phi) is 4.22. The van der Waals surface area contributed by atoms with E-state index in [2.05, 4.69) is 19.9 Å². The van der Waals surface area contributed by atoms with Gasteiger partial charge in [-0.3, -0.25) is 0 Å². The van der Waals surface area contributed by atoms with E-state index in [1.54, 1.807) is 0 Å². The Balaban J connectivity index is 2.10. The zero-order chi connectivity index (χ0) is 13.1. The molecule has 6 heteroatoms. The Morgan fingerprint density at radius 1 is 1.06 bits per heavy atom. The van der Waals surface area contributed by atoms with Gasteiger partial charge in [0.25, 0.3) is 0 Å². The van der Waals surface area contributed by atoms with Crippen molar-refractivity contribution < 1.29 is 0 Å². The largest absolute Gasteiger partial charge is 0.347 e. The van der Waals surface area contributed by atoms with Crippen LogP contribution in [-0.2, 0) is 0 Å². The summed E-state index contributed by atoms with van der Waals surface area (Å²) in [6, 6.07) is 0. The van der Waals surface area contributed by atoms with Crippen molar-refractivity contribution >= 4 is 23.5 Å². The molecule has 1 aliphatic rings. The van der Waals surface area contributed by atoms with Crippen LogP contribution in [0, 0.1) is 5.92 Å². The number of hydrogen-bond donors (Lipinski definition) is 0. The monoisotopic (exact) mass is 269 g/mol. The molecule has 1 aliphatic carbocycles. The van der Waals surface area contributed by atoms with Crippen LogP contribution in [-0.4, -0.2) is 42.6 Å². The minimum absolute atomic E-state index is 0.252. The summed E-state index contributed by atoms with van der Waals surface area (Å²) in [6.07, 6.45) is 5.31. The summed E-state index contributed by atoms with van der Waals surface area (Å²) in [7, 11) is 5.81. The predicted octanol–water partition coefficient (Wildman–Crippen LogP) is 2.22. The predicted molar refractivity (Wildman–Crippen MR) is 74.4 cm³/mol. The maximum Gasteiger partial charge on any atom is 0.231 e. The molecule has 0 spiro atoms. The van der Waals surface area contributed by atoms with Crippen LogP contribution in [0.3, 0.4) is 0 Å². The van der Waals surface area contributed by atoms with E-state index < -0.39 is 0 Å². The van der Waals surface area contributed by atoms with Crippen LogP contribution in [0.4, 0.5) is 11.9 Å². The molecule has 0 atom stereocenters. The fourth-order valence-corrected chi connectivity index (χ4v) is 2.51. The summed E-state index contributed by atoms with van der Waals surface area (Å²) in [6.45, 7) is 0.993. The van der Waals surface area contributed by atoms with Gasteiger partial charge >= 0.3 is 0 Å². The molecule has 0 N–H and O–H groups in total. The zero-order valence-electron chi connectivity index (χ0n) is 11.2. The molecular formula is C12H20ClN5. The molecule has 1 aromatic heterocycles. The molecule has 0 bridgehead atoms. The number of aromatic nitrogens is 3. The van der Waals surface area contributed by atoms with Crippen LogP contribution in [0.25, 0.3) is 0 Å². The molecule has 0 aliphatic heterocycles. The first-order valence-corrected chi connectivity index (χ1v) is 6.74. The Labute approximate surface area is 113 Å². The lowest BCUT2D eigenvalue weighted by Crippen LogP contribution is -2.27. The Morgan fingerprint density at radius 3 is 2.28 bits per heavy atom. The molecule has 18 heavy (non-hydrogen) atoms. The lowest BCUT2D eigenvalue weighted by atomic mass is 10.1. The van der Waals surface area contributed by atoms with Crippen LogP contribution in [0.5, 0.6) is 0 Å². The summed E-state index contributed by atoms with van der Waals surface area (Å²) >= 11 is 5.94. The summed E-state index contributed by atoms with van der Waals surface area (Å²) in [5.74, 6) is 2.02. The van der Waals surface area contributed by atoms with Crippen LogP contribution in [0.2, 0.25) is 5.28 Å². The topological polar surface area (TPSA) is 45.2 Å². The van der Waals surface area contributed by atoms with Gasteiger partial charge in [0.05, 0.1) is 0 Å². The normalized spacial score (nSPS) is 16.0. The van der Waals surface area contributed by atoms with E-state index in [0.29, 0.717) is 11.9 Å². The number of nitrogens with zero attached hydrogens (tertiary/aromatic N) is 5. The SMILES string of the molecule is CN(C)c1nc(Cl)nc(N(C)CC2CCCC2)n1. The third-order valence-corrected chi connectivity index (χ3v) is 3.50. The van der Waals surface area contributed by atoms with E-state index in [-0.39, 0.29) is 5.28 Å². The van der Waals surface area contributed by atoms with E-state index in [1.165, 1.54) is 25.7 Å². The van der Waals surface area contributed by atoms with Gasteiger partial charge in [0, 0.05) is 27.7 Å². The Bertz CT molecular complexity index is 403. The average Bonchev–Trinajstić information content (AvgIpc) is 2.80. The van der Waals surface area contributed by atoms with Gasteiger partial charge in [0.1, 0.15) is 0 Å². The quantitative estimate of drug-likeness (QED) is 0.839. The van der Waals surface area contributed by atoms with Gasteiger partial charge in [-0.2, -0.15) is 15.0 Å². The Morgan fingerprint density at radius 2 is 1.67 bits per heavy atom. The third-order valence-electron chi connectivity index (χ3n) is 3.33. The molecule has 0 aromatic carbocycles. The van der Waals surface area contributed by atoms with Gasteiger partial charge in [0.2, 0.25) is 17.2 Å². The number of anilines is 2. The minimum Gasteiger partial charge on any atom is -0.347 e. The van der Waals surface area contributed by atoms with E-state index >= 15 is 0 Å². The third kappa shape index (κ3) is 3.22. The lowest BCUT2D eigenvalue weighted by Gasteiger charge is -2.22. The standard InChI is InChI=1S/C12H20ClN5/c1-17(2)11-14-10(13)15-12(16-11)18(3)8-9-6-4-5-7-9/h9H,4-8H2,1-3H3. The number of hydrogen-bond acceptors (Lipinski definition) is 5. The zero-order valence-corrected chi connectivity index (χ0v) is 12.0. The second-order valence-corrected chi connectivity index (χ2v) is 5.47. The molecule has 2 rings (SSSR count). The minimum atomic E-state index is 0.252. The van der Waals surface area contributed by atoms with Crippen molar-refractivity contribution in [2.24, 2.45) is 5.92 Å². The van der Waals surface area contributed by atoms with Crippen molar-refractivity contribution in [3.8, 4) is 0 Å². The number of halogens is 1. The summed E-state index contributed by atoms with van der Waals surface area (Å²) in [5.41, 5.74) is 0. The van der Waals surface area contributed by atoms with Gasteiger partial charge in [-0.15, -0.1) is 0 Å². The lowest BCUT2D eigenvalue weighted by molar-refractivity contribution is 0.542. The van der Waals surface area contributed by atoms with Crippen molar-refractivity contribution in [3.63, 3.8) is 0 Å². The van der Waals surface area contributed by atoms with Crippen molar-refractivity contribution in [1.82, 2.24) is 15.0 Å². The van der Waals surface area contributed by atoms with Gasteiger partial charge < -0.3 is 9.80 Å². The van der Waals surface area contributed by atoms with Crippen LogP contribution in [0.1, 0.15) is 25.7 Å². The molecule has 5 nitrogen and oxygen atoms in total. The summed E-state index contributed by atoms with van der Waals surface area (Å²) in [4.78, 5) is 16.6. The molecule has 0 unspecified atom stereocenters. The Hall–Kier alpha value is -1.10. The smallest absolute Gasteiger partial charge is 0.231 e. The maximum absolute atomic E-state index is 5.94. The van der Waals surface area contributed by atoms with Crippen LogP contribution < -0.4 is 9.80 Å². The molecule has 1 aromatic rings. The van der Waals surface area contributed by atoms with Gasteiger partial charge in [-0.25, -0.2) is 0 Å². The van der Waals surface area contributed by atoms with Crippen molar-refractivity contribution in [3.05, 3.63) is 5.28 Å². The highest BCUT2D eigenvalue weighted by atomic mass is 35.5. The first kappa shape index (κ1) is 13.3. The van der Waals surface area contributed by atoms with E-state index in [0.717, 1.165) is 12.5 Å². The summed E-state index contributed by atoms with van der Waals surface area (Å²) < 4.78 is 0. The van der Waals surface area contributed by atoms with E-state index in [1.807, 2.05) is 26.0 Å². The molecule has 1 fully saturated rings. The average molecular weight is 270 g/mol. The molecular weight excluding hydrogens is 250 g/mol. The van der Waals surface area contributed by atoms with Crippen molar-refractivity contribution in [1.29, 1.82) is 0 Å². The molecule has 0 saturated heterocycles. The highest BCUT2D eigenvalue weighted by Gasteiger charge is 2.19. The fourth-order valence-electron chi connectivity index (χ4n) is 2.36.